The molecule has 0 spiro atoms. The summed E-state index contributed by atoms with van der Waals surface area (Å²) >= 11 is 0. The van der Waals surface area contributed by atoms with E-state index >= 15 is 0 Å². The normalized spacial score (nSPS) is 24.5. The van der Waals surface area contributed by atoms with E-state index in [9.17, 15) is 24.0 Å². The first-order chi connectivity index (χ1) is 20.0. The molecule has 1 aliphatic heterocycles. The van der Waals surface area contributed by atoms with E-state index in [2.05, 4.69) is 15.2 Å². The van der Waals surface area contributed by atoms with Crippen molar-refractivity contribution < 1.29 is 42.5 Å². The second-order valence-electron chi connectivity index (χ2n) is 10.3. The Morgan fingerprint density at radius 3 is 2.67 bits per heavy atom. The fraction of sp³-hybridized carbons (Fsp3) is 0.519. The summed E-state index contributed by atoms with van der Waals surface area (Å²) in [6.07, 6.45) is 0.910. The number of aliphatic hydroxyl groups is 2. The van der Waals surface area contributed by atoms with Crippen LogP contribution in [-0.4, -0.2) is 75.0 Å². The first-order valence-corrected chi connectivity index (χ1v) is 15.2. The van der Waals surface area contributed by atoms with E-state index < -0.39 is 57.0 Å². The van der Waals surface area contributed by atoms with Crippen LogP contribution in [0, 0.1) is 5.92 Å². The lowest BCUT2D eigenvalue weighted by Crippen LogP contribution is -2.53. The van der Waals surface area contributed by atoms with E-state index in [1.807, 2.05) is 13.8 Å². The number of aromatic nitrogens is 3. The highest BCUT2D eigenvalue weighted by atomic mass is 31.2. The SMILES string of the molecule is CCC(CC)COC(=O)[C@H](C)NP(=O)(OC[C@@]1(CF)OC[C@](O)(c2ccc3c(N)ncnn23)[C@@H]1O)Oc1ccccc1. The number of benzene rings is 1. The molecule has 1 aromatic carbocycles. The van der Waals surface area contributed by atoms with Crippen molar-refractivity contribution in [2.75, 3.05) is 32.2 Å². The molecule has 1 fully saturated rings. The second-order valence-corrected chi connectivity index (χ2v) is 12.0. The highest BCUT2D eigenvalue weighted by Crippen LogP contribution is 2.48. The molecule has 0 amide bonds. The zero-order valence-corrected chi connectivity index (χ0v) is 24.6. The molecular formula is C27H37FN5O8P. The van der Waals surface area contributed by atoms with Crippen molar-refractivity contribution in [3.8, 4) is 5.75 Å². The molecule has 3 aromatic rings. The van der Waals surface area contributed by atoms with Crippen LogP contribution in [0.25, 0.3) is 5.52 Å². The number of hydrogen-bond acceptors (Lipinski definition) is 11. The van der Waals surface area contributed by atoms with Gasteiger partial charge in [-0.1, -0.05) is 44.9 Å². The van der Waals surface area contributed by atoms with Crippen LogP contribution in [0.15, 0.2) is 48.8 Å². The van der Waals surface area contributed by atoms with E-state index in [4.69, 9.17) is 24.3 Å². The number of para-hydroxylation sites is 1. The number of hydrogen-bond donors (Lipinski definition) is 4. The maximum Gasteiger partial charge on any atom is 0.459 e. The van der Waals surface area contributed by atoms with Crippen LogP contribution in [-0.2, 0) is 29.0 Å². The van der Waals surface area contributed by atoms with Crippen LogP contribution >= 0.6 is 7.75 Å². The number of nitrogens with one attached hydrogen (secondary N) is 1. The van der Waals surface area contributed by atoms with Crippen LogP contribution in [0.4, 0.5) is 10.2 Å². The Morgan fingerprint density at radius 1 is 1.29 bits per heavy atom. The van der Waals surface area contributed by atoms with Crippen molar-refractivity contribution in [2.45, 2.75) is 57.0 Å². The van der Waals surface area contributed by atoms with Crippen LogP contribution in [0.5, 0.6) is 5.75 Å². The molecule has 1 aliphatic rings. The van der Waals surface area contributed by atoms with Crippen molar-refractivity contribution in [1.29, 1.82) is 0 Å². The van der Waals surface area contributed by atoms with Crippen LogP contribution in [0.3, 0.4) is 0 Å². The highest BCUT2D eigenvalue weighted by Gasteiger charge is 2.60. The number of nitrogens with two attached hydrogens (primary N) is 1. The molecule has 13 nitrogen and oxygen atoms in total. The van der Waals surface area contributed by atoms with Gasteiger partial charge in [-0.2, -0.15) is 10.2 Å². The zero-order valence-electron chi connectivity index (χ0n) is 23.7. The molecule has 2 aromatic heterocycles. The predicted octanol–water partition coefficient (Wildman–Crippen LogP) is 2.76. The Kier molecular flexibility index (Phi) is 9.86. The summed E-state index contributed by atoms with van der Waals surface area (Å²) in [5.41, 5.74) is 2.01. The van der Waals surface area contributed by atoms with Crippen molar-refractivity contribution in [1.82, 2.24) is 19.7 Å². The third-order valence-electron chi connectivity index (χ3n) is 7.45. The number of alkyl halides is 1. The minimum atomic E-state index is -4.43. The molecule has 5 atom stereocenters. The van der Waals surface area contributed by atoms with Gasteiger partial charge >= 0.3 is 13.7 Å². The average molecular weight is 610 g/mol. The smallest absolute Gasteiger partial charge is 0.459 e. The van der Waals surface area contributed by atoms with Gasteiger partial charge in [-0.05, 0) is 37.1 Å². The van der Waals surface area contributed by atoms with Gasteiger partial charge in [0.25, 0.3) is 0 Å². The largest absolute Gasteiger partial charge is 0.464 e. The molecule has 3 heterocycles. The van der Waals surface area contributed by atoms with Crippen LogP contribution < -0.4 is 15.3 Å². The van der Waals surface area contributed by atoms with Gasteiger partial charge in [0, 0.05) is 0 Å². The molecular weight excluding hydrogens is 572 g/mol. The van der Waals surface area contributed by atoms with E-state index in [1.165, 1.54) is 42.0 Å². The summed E-state index contributed by atoms with van der Waals surface area (Å²) in [6, 6.07) is 9.89. The molecule has 0 bridgehead atoms. The Bertz CT molecular complexity index is 1410. The number of rotatable bonds is 14. The minimum absolute atomic E-state index is 0.0742. The lowest BCUT2D eigenvalue weighted by Gasteiger charge is -2.33. The highest BCUT2D eigenvalue weighted by molar-refractivity contribution is 7.52. The number of aliphatic hydroxyl groups excluding tert-OH is 1. The van der Waals surface area contributed by atoms with E-state index in [0.29, 0.717) is 5.52 Å². The Hall–Kier alpha value is -3.13. The van der Waals surface area contributed by atoms with Crippen molar-refractivity contribution >= 4 is 25.1 Å². The predicted molar refractivity (Wildman–Crippen MR) is 150 cm³/mol. The number of esters is 1. The molecule has 0 saturated carbocycles. The third kappa shape index (κ3) is 6.43. The van der Waals surface area contributed by atoms with Crippen LogP contribution in [0.2, 0.25) is 0 Å². The number of carbonyl (C=O) groups excluding carboxylic acids is 1. The second kappa shape index (κ2) is 13.0. The van der Waals surface area contributed by atoms with Gasteiger partial charge in [0.05, 0.1) is 25.5 Å². The monoisotopic (exact) mass is 609 g/mol. The molecule has 0 radical (unpaired) electrons. The zero-order chi connectivity index (χ0) is 30.5. The maximum atomic E-state index is 14.6. The number of carbonyl (C=O) groups is 1. The Morgan fingerprint density at radius 2 is 2.00 bits per heavy atom. The van der Waals surface area contributed by atoms with Gasteiger partial charge in [-0.25, -0.2) is 18.5 Å². The number of nitrogens with zero attached hydrogens (tertiary/aromatic N) is 3. The van der Waals surface area contributed by atoms with Crippen molar-refractivity contribution in [3.05, 3.63) is 54.5 Å². The Balaban J connectivity index is 1.55. The minimum Gasteiger partial charge on any atom is -0.464 e. The number of fused-ring (bicyclic) bond motifs is 1. The summed E-state index contributed by atoms with van der Waals surface area (Å²) < 4.78 is 52.1. The number of halogens is 1. The molecule has 5 N–H and O–H groups in total. The maximum absolute atomic E-state index is 14.6. The Labute approximate surface area is 242 Å². The van der Waals surface area contributed by atoms with Gasteiger partial charge in [0.15, 0.2) is 11.4 Å². The molecule has 230 valence electrons. The molecule has 15 heteroatoms. The first kappa shape index (κ1) is 31.8. The van der Waals surface area contributed by atoms with E-state index in [0.717, 1.165) is 12.8 Å². The molecule has 4 rings (SSSR count). The third-order valence-corrected chi connectivity index (χ3v) is 9.07. The van der Waals surface area contributed by atoms with Crippen LogP contribution in [0.1, 0.15) is 39.3 Å². The van der Waals surface area contributed by atoms with Gasteiger partial charge in [-0.15, -0.1) is 0 Å². The number of ether oxygens (including phenoxy) is 2. The molecule has 1 unspecified atom stereocenters. The fourth-order valence-corrected chi connectivity index (χ4v) is 6.20. The summed E-state index contributed by atoms with van der Waals surface area (Å²) in [5, 5.41) is 29.4. The standard InChI is InChI=1S/C27H37FN5O8P/c1-4-19(5-2)13-38-24(34)18(3)32-42(37,41-20-9-7-6-8-10-20)40-15-26(14-28)25(35)27(36,16-39-26)22-12-11-21-23(29)30-17-31-33(21)22/h6-12,17-19,25,35-36H,4-5,13-16H2,1-3H3,(H,32,37)(H2,29,30,31)/t18-,25+,26+,27-,42?/m0/s1. The first-order valence-electron chi connectivity index (χ1n) is 13.6. The van der Waals surface area contributed by atoms with Gasteiger partial charge in [0.1, 0.15) is 42.0 Å². The fourth-order valence-electron chi connectivity index (χ4n) is 4.66. The lowest BCUT2D eigenvalue weighted by atomic mass is 9.86. The molecule has 0 aliphatic carbocycles. The summed E-state index contributed by atoms with van der Waals surface area (Å²) in [4.78, 5) is 16.6. The topological polar surface area (TPSA) is 180 Å². The average Bonchev–Trinajstić information content (AvgIpc) is 3.54. The van der Waals surface area contributed by atoms with Gasteiger partial charge in [-0.3, -0.25) is 9.32 Å². The van der Waals surface area contributed by atoms with Gasteiger partial charge < -0.3 is 29.9 Å². The summed E-state index contributed by atoms with van der Waals surface area (Å²) in [5.74, 6) is -0.238. The van der Waals surface area contributed by atoms with E-state index in [-0.39, 0.29) is 29.8 Å². The summed E-state index contributed by atoms with van der Waals surface area (Å²) in [6.45, 7) is 2.90. The van der Waals surface area contributed by atoms with Crippen molar-refractivity contribution in [3.63, 3.8) is 0 Å². The number of anilines is 1. The lowest BCUT2D eigenvalue weighted by molar-refractivity contribution is -0.146. The molecule has 1 saturated heterocycles. The quantitative estimate of drug-likeness (QED) is 0.155. The van der Waals surface area contributed by atoms with Crippen molar-refractivity contribution in [2.24, 2.45) is 5.92 Å². The summed E-state index contributed by atoms with van der Waals surface area (Å²) in [7, 11) is -4.43. The molecule has 42 heavy (non-hydrogen) atoms. The van der Waals surface area contributed by atoms with Gasteiger partial charge in [0.2, 0.25) is 0 Å². The number of nitrogen functional groups attached to an aromatic ring is 1. The van der Waals surface area contributed by atoms with E-state index in [1.54, 1.807) is 18.2 Å².